The molecule has 2 aliphatic heterocycles. The standard InChI is InChI=1S/C17H32N2O2/c1-14(2)12-19(13-15-4-3-9-18-15)16-5-7-17(8-6-16)20-10-11-21-17/h14-16,18H,3-13H2,1-2H3. The van der Waals surface area contributed by atoms with E-state index in [-0.39, 0.29) is 5.79 Å². The predicted octanol–water partition coefficient (Wildman–Crippen LogP) is 2.38. The summed E-state index contributed by atoms with van der Waals surface area (Å²) in [6.45, 7) is 9.88. The van der Waals surface area contributed by atoms with Crippen LogP contribution in [0.25, 0.3) is 0 Å². The lowest BCUT2D eigenvalue weighted by Crippen LogP contribution is -2.49. The molecule has 1 N–H and O–H groups in total. The van der Waals surface area contributed by atoms with E-state index >= 15 is 0 Å². The number of ether oxygens (including phenoxy) is 2. The second kappa shape index (κ2) is 6.95. The van der Waals surface area contributed by atoms with Crippen LogP contribution in [0.2, 0.25) is 0 Å². The molecule has 1 spiro atoms. The first-order valence-electron chi connectivity index (χ1n) is 8.92. The fourth-order valence-corrected chi connectivity index (χ4v) is 4.23. The maximum atomic E-state index is 5.87. The molecule has 1 unspecified atom stereocenters. The first-order valence-corrected chi connectivity index (χ1v) is 8.92. The number of nitrogens with one attached hydrogen (secondary N) is 1. The lowest BCUT2D eigenvalue weighted by Gasteiger charge is -2.42. The van der Waals surface area contributed by atoms with Crippen molar-refractivity contribution < 1.29 is 9.47 Å². The summed E-state index contributed by atoms with van der Waals surface area (Å²) in [5.41, 5.74) is 0. The summed E-state index contributed by atoms with van der Waals surface area (Å²) in [6, 6.07) is 1.42. The second-order valence-corrected chi connectivity index (χ2v) is 7.48. The Morgan fingerprint density at radius 2 is 1.86 bits per heavy atom. The highest BCUT2D eigenvalue weighted by molar-refractivity contribution is 4.89. The van der Waals surface area contributed by atoms with Crippen LogP contribution in [-0.4, -0.2) is 55.6 Å². The Bertz CT molecular complexity index is 313. The van der Waals surface area contributed by atoms with Gasteiger partial charge in [0, 0.05) is 38.0 Å². The molecule has 2 saturated heterocycles. The van der Waals surface area contributed by atoms with Gasteiger partial charge in [0.05, 0.1) is 13.2 Å². The molecule has 0 amide bonds. The maximum absolute atomic E-state index is 5.87. The van der Waals surface area contributed by atoms with E-state index in [1.807, 2.05) is 0 Å². The first kappa shape index (κ1) is 15.7. The van der Waals surface area contributed by atoms with Gasteiger partial charge in [0.15, 0.2) is 5.79 Å². The van der Waals surface area contributed by atoms with Gasteiger partial charge < -0.3 is 14.8 Å². The fourth-order valence-electron chi connectivity index (χ4n) is 4.23. The van der Waals surface area contributed by atoms with Gasteiger partial charge in [-0.3, -0.25) is 4.90 Å². The molecule has 1 saturated carbocycles. The quantitative estimate of drug-likeness (QED) is 0.844. The van der Waals surface area contributed by atoms with Crippen LogP contribution >= 0.6 is 0 Å². The van der Waals surface area contributed by atoms with Gasteiger partial charge in [-0.1, -0.05) is 13.8 Å². The SMILES string of the molecule is CC(C)CN(CC1CCCN1)C1CCC2(CC1)OCCO2. The Labute approximate surface area is 129 Å². The minimum absolute atomic E-state index is 0.217. The lowest BCUT2D eigenvalue weighted by atomic mass is 9.88. The van der Waals surface area contributed by atoms with Gasteiger partial charge in [-0.25, -0.2) is 0 Å². The smallest absolute Gasteiger partial charge is 0.168 e. The van der Waals surface area contributed by atoms with Crippen LogP contribution in [0.4, 0.5) is 0 Å². The summed E-state index contributed by atoms with van der Waals surface area (Å²) in [6.07, 6.45) is 7.28. The molecule has 0 radical (unpaired) electrons. The highest BCUT2D eigenvalue weighted by Crippen LogP contribution is 2.37. The Morgan fingerprint density at radius 3 is 2.43 bits per heavy atom. The van der Waals surface area contributed by atoms with Gasteiger partial charge in [-0.05, 0) is 38.1 Å². The zero-order valence-electron chi connectivity index (χ0n) is 13.8. The summed E-state index contributed by atoms with van der Waals surface area (Å²) in [5.74, 6) is 0.521. The summed E-state index contributed by atoms with van der Waals surface area (Å²) in [5, 5.41) is 3.66. The number of nitrogens with zero attached hydrogens (tertiary/aromatic N) is 1. The van der Waals surface area contributed by atoms with Crippen molar-refractivity contribution in [3.05, 3.63) is 0 Å². The largest absolute Gasteiger partial charge is 0.348 e. The molecule has 1 atom stereocenters. The van der Waals surface area contributed by atoms with Crippen molar-refractivity contribution >= 4 is 0 Å². The highest BCUT2D eigenvalue weighted by Gasteiger charge is 2.41. The van der Waals surface area contributed by atoms with Crippen molar-refractivity contribution in [1.82, 2.24) is 10.2 Å². The summed E-state index contributed by atoms with van der Waals surface area (Å²) in [4.78, 5) is 2.75. The van der Waals surface area contributed by atoms with Crippen LogP contribution in [0, 0.1) is 5.92 Å². The van der Waals surface area contributed by atoms with Crippen LogP contribution in [-0.2, 0) is 9.47 Å². The average Bonchev–Trinajstić information content (AvgIpc) is 3.11. The molecule has 4 heteroatoms. The van der Waals surface area contributed by atoms with Crippen molar-refractivity contribution in [2.24, 2.45) is 5.92 Å². The third kappa shape index (κ3) is 3.98. The highest BCUT2D eigenvalue weighted by atomic mass is 16.7. The van der Waals surface area contributed by atoms with Crippen molar-refractivity contribution in [3.63, 3.8) is 0 Å². The van der Waals surface area contributed by atoms with E-state index in [0.29, 0.717) is 12.1 Å². The monoisotopic (exact) mass is 296 g/mol. The molecule has 0 aromatic carbocycles. The summed E-state index contributed by atoms with van der Waals surface area (Å²) >= 11 is 0. The van der Waals surface area contributed by atoms with E-state index in [4.69, 9.17) is 9.47 Å². The van der Waals surface area contributed by atoms with Crippen LogP contribution in [0.15, 0.2) is 0 Å². The molecule has 0 bridgehead atoms. The Balaban J connectivity index is 1.55. The molecular weight excluding hydrogens is 264 g/mol. The first-order chi connectivity index (χ1) is 10.2. The third-order valence-corrected chi connectivity index (χ3v) is 5.26. The number of hydrogen-bond donors (Lipinski definition) is 1. The van der Waals surface area contributed by atoms with Gasteiger partial charge in [-0.15, -0.1) is 0 Å². The molecule has 0 aromatic heterocycles. The van der Waals surface area contributed by atoms with E-state index in [1.165, 1.54) is 45.3 Å². The minimum atomic E-state index is -0.217. The van der Waals surface area contributed by atoms with Crippen LogP contribution < -0.4 is 5.32 Å². The van der Waals surface area contributed by atoms with E-state index in [0.717, 1.165) is 32.0 Å². The average molecular weight is 296 g/mol. The van der Waals surface area contributed by atoms with Crippen LogP contribution in [0.3, 0.4) is 0 Å². The maximum Gasteiger partial charge on any atom is 0.168 e. The van der Waals surface area contributed by atoms with Gasteiger partial charge in [0.1, 0.15) is 0 Å². The van der Waals surface area contributed by atoms with Gasteiger partial charge >= 0.3 is 0 Å². The minimum Gasteiger partial charge on any atom is -0.348 e. The molecule has 21 heavy (non-hydrogen) atoms. The van der Waals surface area contributed by atoms with Crippen LogP contribution in [0.1, 0.15) is 52.4 Å². The Hall–Kier alpha value is -0.160. The number of hydrogen-bond acceptors (Lipinski definition) is 4. The Morgan fingerprint density at radius 1 is 1.14 bits per heavy atom. The predicted molar refractivity (Wildman–Crippen MR) is 84.3 cm³/mol. The van der Waals surface area contributed by atoms with Gasteiger partial charge in [0.25, 0.3) is 0 Å². The summed E-state index contributed by atoms with van der Waals surface area (Å²) < 4.78 is 11.7. The van der Waals surface area contributed by atoms with Crippen molar-refractivity contribution in [2.75, 3.05) is 32.8 Å². The van der Waals surface area contributed by atoms with Gasteiger partial charge in [-0.2, -0.15) is 0 Å². The molecule has 3 rings (SSSR count). The zero-order chi connectivity index (χ0) is 14.7. The van der Waals surface area contributed by atoms with Crippen molar-refractivity contribution in [1.29, 1.82) is 0 Å². The number of rotatable bonds is 5. The van der Waals surface area contributed by atoms with E-state index < -0.39 is 0 Å². The van der Waals surface area contributed by atoms with E-state index in [9.17, 15) is 0 Å². The van der Waals surface area contributed by atoms with E-state index in [2.05, 4.69) is 24.1 Å². The molecule has 122 valence electrons. The molecule has 4 nitrogen and oxygen atoms in total. The van der Waals surface area contributed by atoms with Crippen molar-refractivity contribution in [2.45, 2.75) is 70.2 Å². The summed E-state index contributed by atoms with van der Waals surface area (Å²) in [7, 11) is 0. The van der Waals surface area contributed by atoms with Crippen molar-refractivity contribution in [3.8, 4) is 0 Å². The molecule has 0 aromatic rings. The fraction of sp³-hybridized carbons (Fsp3) is 1.00. The second-order valence-electron chi connectivity index (χ2n) is 7.48. The van der Waals surface area contributed by atoms with Crippen LogP contribution in [0.5, 0.6) is 0 Å². The molecule has 3 aliphatic rings. The Kier molecular flexibility index (Phi) is 5.20. The normalized spacial score (nSPS) is 30.0. The third-order valence-electron chi connectivity index (χ3n) is 5.26. The topological polar surface area (TPSA) is 33.7 Å². The molecular formula is C17H32N2O2. The zero-order valence-corrected chi connectivity index (χ0v) is 13.8. The molecule has 2 heterocycles. The molecule has 3 fully saturated rings. The van der Waals surface area contributed by atoms with E-state index in [1.54, 1.807) is 0 Å². The lowest BCUT2D eigenvalue weighted by molar-refractivity contribution is -0.184. The van der Waals surface area contributed by atoms with Gasteiger partial charge in [0.2, 0.25) is 0 Å². The molecule has 1 aliphatic carbocycles.